The average molecular weight is 255 g/mol. The molecule has 18 heavy (non-hydrogen) atoms. The minimum absolute atomic E-state index is 0.0223. The van der Waals surface area contributed by atoms with Crippen LogP contribution in [0.4, 0.5) is 17.1 Å². The molecule has 0 aliphatic rings. The number of aryl methyl sites for hydroxylation is 1. The smallest absolute Gasteiger partial charge is 0.297 e. The van der Waals surface area contributed by atoms with Crippen LogP contribution < -0.4 is 11.5 Å². The Morgan fingerprint density at radius 3 is 2.39 bits per heavy atom. The van der Waals surface area contributed by atoms with Crippen LogP contribution in [0.5, 0.6) is 0 Å². The summed E-state index contributed by atoms with van der Waals surface area (Å²) in [6.45, 7) is -0.258. The van der Waals surface area contributed by atoms with E-state index in [-0.39, 0.29) is 42.3 Å². The highest BCUT2D eigenvalue weighted by atomic mass is 16.6. The lowest BCUT2D eigenvalue weighted by Crippen LogP contribution is -2.09. The third kappa shape index (κ3) is 2.88. The van der Waals surface area contributed by atoms with Crippen LogP contribution in [-0.4, -0.2) is 28.4 Å². The Labute approximate surface area is 104 Å². The van der Waals surface area contributed by atoms with Gasteiger partial charge in [-0.2, -0.15) is 0 Å². The van der Waals surface area contributed by atoms with Gasteiger partial charge in [0.25, 0.3) is 5.69 Å². The number of hydrogen-bond acceptors (Lipinski definition) is 6. The molecule has 1 aromatic carbocycles. The molecule has 0 atom stereocenters. The van der Waals surface area contributed by atoms with Crippen LogP contribution in [0.25, 0.3) is 0 Å². The van der Waals surface area contributed by atoms with Crippen molar-refractivity contribution < 1.29 is 15.1 Å². The summed E-state index contributed by atoms with van der Waals surface area (Å²) >= 11 is 0. The summed E-state index contributed by atoms with van der Waals surface area (Å²) < 4.78 is 0. The van der Waals surface area contributed by atoms with Gasteiger partial charge in [0.15, 0.2) is 0 Å². The lowest BCUT2D eigenvalue weighted by Gasteiger charge is -2.12. The largest absolute Gasteiger partial charge is 0.398 e. The lowest BCUT2D eigenvalue weighted by atomic mass is 9.99. The van der Waals surface area contributed by atoms with Crippen LogP contribution in [0.2, 0.25) is 0 Å². The van der Waals surface area contributed by atoms with Crippen molar-refractivity contribution in [3.63, 3.8) is 0 Å². The first-order valence-electron chi connectivity index (χ1n) is 5.58. The highest BCUT2D eigenvalue weighted by molar-refractivity contribution is 5.74. The Kier molecular flexibility index (Phi) is 4.87. The summed E-state index contributed by atoms with van der Waals surface area (Å²) in [5.41, 5.74) is 12.4. The van der Waals surface area contributed by atoms with Crippen LogP contribution >= 0.6 is 0 Å². The van der Waals surface area contributed by atoms with Gasteiger partial charge in [0.1, 0.15) is 5.69 Å². The van der Waals surface area contributed by atoms with Gasteiger partial charge in [-0.05, 0) is 24.5 Å². The molecular weight excluding hydrogens is 238 g/mol. The van der Waals surface area contributed by atoms with Gasteiger partial charge in [-0.3, -0.25) is 10.1 Å². The fraction of sp³-hybridized carbons (Fsp3) is 0.455. The minimum Gasteiger partial charge on any atom is -0.398 e. The molecule has 0 amide bonds. The number of benzene rings is 1. The third-order valence-corrected chi connectivity index (χ3v) is 2.71. The number of nitro benzene ring substituents is 1. The van der Waals surface area contributed by atoms with Crippen LogP contribution in [0.3, 0.4) is 0 Å². The number of nitro groups is 1. The van der Waals surface area contributed by atoms with Gasteiger partial charge in [0.05, 0.1) is 10.5 Å². The average Bonchev–Trinajstić information content (AvgIpc) is 2.31. The highest BCUT2D eigenvalue weighted by Crippen LogP contribution is 2.35. The van der Waals surface area contributed by atoms with E-state index in [9.17, 15) is 10.1 Å². The number of nitrogens with two attached hydrogens (primary N) is 2. The predicted molar refractivity (Wildman–Crippen MR) is 68.1 cm³/mol. The van der Waals surface area contributed by atoms with E-state index in [4.69, 9.17) is 21.7 Å². The van der Waals surface area contributed by atoms with Gasteiger partial charge in [0.2, 0.25) is 0 Å². The summed E-state index contributed by atoms with van der Waals surface area (Å²) in [7, 11) is 0. The van der Waals surface area contributed by atoms with E-state index >= 15 is 0 Å². The summed E-state index contributed by atoms with van der Waals surface area (Å²) in [4.78, 5) is 10.5. The molecule has 0 aromatic heterocycles. The standard InChI is InChI=1S/C11H17N3O4/c12-9-6-7(2-1-4-15)10(13)11(14(17)18)8(9)3-5-16/h6,15-16H,1-5,12-13H2. The molecule has 0 aliphatic heterocycles. The Hall–Kier alpha value is -1.86. The molecule has 100 valence electrons. The van der Waals surface area contributed by atoms with Crippen LogP contribution in [0.1, 0.15) is 17.5 Å². The first-order chi connectivity index (χ1) is 8.52. The maximum absolute atomic E-state index is 11.0. The zero-order chi connectivity index (χ0) is 13.7. The lowest BCUT2D eigenvalue weighted by molar-refractivity contribution is -0.384. The number of anilines is 2. The molecule has 0 fully saturated rings. The number of nitrogen functional groups attached to an aromatic ring is 2. The predicted octanol–water partition coefficient (Wildman–Crippen LogP) is 0.219. The quantitative estimate of drug-likeness (QED) is 0.326. The number of hydrogen-bond donors (Lipinski definition) is 4. The van der Waals surface area contributed by atoms with Gasteiger partial charge < -0.3 is 21.7 Å². The van der Waals surface area contributed by atoms with Crippen molar-refractivity contribution in [2.24, 2.45) is 0 Å². The van der Waals surface area contributed by atoms with E-state index in [0.29, 0.717) is 18.4 Å². The van der Waals surface area contributed by atoms with Crippen molar-refractivity contribution in [2.75, 3.05) is 24.7 Å². The van der Waals surface area contributed by atoms with E-state index in [1.54, 1.807) is 6.07 Å². The second-order valence-corrected chi connectivity index (χ2v) is 3.92. The van der Waals surface area contributed by atoms with E-state index < -0.39 is 4.92 Å². The molecular formula is C11H17N3O4. The van der Waals surface area contributed by atoms with Crippen molar-refractivity contribution in [3.8, 4) is 0 Å². The van der Waals surface area contributed by atoms with Gasteiger partial charge >= 0.3 is 0 Å². The molecule has 0 radical (unpaired) electrons. The first-order valence-corrected chi connectivity index (χ1v) is 5.58. The Bertz CT molecular complexity index is 448. The molecule has 7 nitrogen and oxygen atoms in total. The van der Waals surface area contributed by atoms with E-state index in [0.717, 1.165) is 0 Å². The topological polar surface area (TPSA) is 136 Å². The van der Waals surface area contributed by atoms with Gasteiger partial charge in [0, 0.05) is 25.3 Å². The summed E-state index contributed by atoms with van der Waals surface area (Å²) in [6.07, 6.45) is 0.972. The molecule has 0 spiro atoms. The summed E-state index contributed by atoms with van der Waals surface area (Å²) in [5.74, 6) is 0. The highest BCUT2D eigenvalue weighted by Gasteiger charge is 2.23. The molecule has 0 saturated carbocycles. The van der Waals surface area contributed by atoms with Crippen molar-refractivity contribution in [1.29, 1.82) is 0 Å². The molecule has 1 rings (SSSR count). The maximum Gasteiger partial charge on any atom is 0.297 e. The summed E-state index contributed by atoms with van der Waals surface area (Å²) in [6, 6.07) is 1.57. The maximum atomic E-state index is 11.0. The fourth-order valence-electron chi connectivity index (χ4n) is 1.86. The second-order valence-electron chi connectivity index (χ2n) is 3.92. The Morgan fingerprint density at radius 1 is 1.22 bits per heavy atom. The molecule has 0 unspecified atom stereocenters. The number of aliphatic hydroxyl groups is 2. The van der Waals surface area contributed by atoms with Crippen LogP contribution in [0.15, 0.2) is 6.07 Å². The summed E-state index contributed by atoms with van der Waals surface area (Å²) in [5, 5.41) is 28.7. The molecule has 1 aromatic rings. The number of aliphatic hydroxyl groups excluding tert-OH is 2. The van der Waals surface area contributed by atoms with Gasteiger partial charge in [-0.1, -0.05) is 0 Å². The van der Waals surface area contributed by atoms with Crippen LogP contribution in [0, 0.1) is 10.1 Å². The molecule has 0 saturated heterocycles. The van der Waals surface area contributed by atoms with E-state index in [2.05, 4.69) is 0 Å². The van der Waals surface area contributed by atoms with E-state index in [1.807, 2.05) is 0 Å². The minimum atomic E-state index is -0.584. The zero-order valence-electron chi connectivity index (χ0n) is 9.93. The Morgan fingerprint density at radius 2 is 1.89 bits per heavy atom. The first kappa shape index (κ1) is 14.2. The SMILES string of the molecule is Nc1cc(CCCO)c(N)c([N+](=O)[O-])c1CCO. The fourth-order valence-corrected chi connectivity index (χ4v) is 1.86. The molecule has 0 heterocycles. The van der Waals surface area contributed by atoms with Gasteiger partial charge in [-0.15, -0.1) is 0 Å². The van der Waals surface area contributed by atoms with Crippen molar-refractivity contribution in [1.82, 2.24) is 0 Å². The third-order valence-electron chi connectivity index (χ3n) is 2.71. The molecule has 6 N–H and O–H groups in total. The monoisotopic (exact) mass is 255 g/mol. The number of nitrogens with zero attached hydrogens (tertiary/aromatic N) is 1. The molecule has 0 bridgehead atoms. The van der Waals surface area contributed by atoms with E-state index in [1.165, 1.54) is 0 Å². The normalized spacial score (nSPS) is 10.6. The van der Waals surface area contributed by atoms with Crippen molar-refractivity contribution >= 4 is 17.1 Å². The molecule has 0 aliphatic carbocycles. The Balaban J connectivity index is 3.31. The number of rotatable bonds is 6. The molecule has 7 heteroatoms. The van der Waals surface area contributed by atoms with Crippen LogP contribution in [-0.2, 0) is 12.8 Å². The van der Waals surface area contributed by atoms with Crippen molar-refractivity contribution in [2.45, 2.75) is 19.3 Å². The second kappa shape index (κ2) is 6.18. The van der Waals surface area contributed by atoms with Crippen molar-refractivity contribution in [3.05, 3.63) is 27.3 Å². The van der Waals surface area contributed by atoms with Gasteiger partial charge in [-0.25, -0.2) is 0 Å². The zero-order valence-corrected chi connectivity index (χ0v) is 9.93.